The Morgan fingerprint density at radius 3 is 2.37 bits per heavy atom. The van der Waals surface area contributed by atoms with Gasteiger partial charge in [0.05, 0.1) is 5.02 Å². The summed E-state index contributed by atoms with van der Waals surface area (Å²) in [5.41, 5.74) is 0.393. The molecule has 1 aromatic rings. The van der Waals surface area contributed by atoms with Gasteiger partial charge in [-0.1, -0.05) is 32.4 Å². The molecule has 2 aliphatic heterocycles. The highest BCUT2D eigenvalue weighted by molar-refractivity contribution is 7.89. The zero-order valence-corrected chi connectivity index (χ0v) is 17.9. The minimum absolute atomic E-state index is 0.0437. The van der Waals surface area contributed by atoms with Crippen molar-refractivity contribution in [3.63, 3.8) is 0 Å². The van der Waals surface area contributed by atoms with E-state index in [0.29, 0.717) is 49.5 Å². The molecular weight excluding hydrogens is 384 g/mol. The Balaban J connectivity index is 1.89. The largest absolute Gasteiger partial charge is 0.338 e. The summed E-state index contributed by atoms with van der Waals surface area (Å²) in [6, 6.07) is 4.63. The number of nitrogens with zero attached hydrogens (tertiary/aromatic N) is 2. The van der Waals surface area contributed by atoms with Crippen LogP contribution in [0.3, 0.4) is 0 Å². The summed E-state index contributed by atoms with van der Waals surface area (Å²) in [4.78, 5) is 14.9. The Kier molecular flexibility index (Phi) is 6.18. The lowest BCUT2D eigenvalue weighted by Gasteiger charge is -2.35. The average molecular weight is 413 g/mol. The van der Waals surface area contributed by atoms with Crippen LogP contribution in [0.15, 0.2) is 23.1 Å². The van der Waals surface area contributed by atoms with Crippen molar-refractivity contribution in [3.8, 4) is 0 Å². The maximum Gasteiger partial charge on any atom is 0.253 e. The summed E-state index contributed by atoms with van der Waals surface area (Å²) in [6.45, 7) is 8.76. The van der Waals surface area contributed by atoms with E-state index in [9.17, 15) is 13.2 Å². The van der Waals surface area contributed by atoms with E-state index in [4.69, 9.17) is 11.6 Å². The molecule has 5 nitrogen and oxygen atoms in total. The molecule has 2 heterocycles. The van der Waals surface area contributed by atoms with Crippen molar-refractivity contribution < 1.29 is 13.2 Å². The van der Waals surface area contributed by atoms with Crippen LogP contribution in [0.1, 0.15) is 50.4 Å². The molecule has 7 heteroatoms. The first-order chi connectivity index (χ1) is 12.7. The smallest absolute Gasteiger partial charge is 0.253 e. The van der Waals surface area contributed by atoms with Gasteiger partial charge in [0.25, 0.3) is 5.91 Å². The minimum Gasteiger partial charge on any atom is -0.338 e. The van der Waals surface area contributed by atoms with Crippen molar-refractivity contribution in [1.82, 2.24) is 9.21 Å². The molecule has 1 aromatic carbocycles. The second-order valence-corrected chi connectivity index (χ2v) is 10.7. The summed E-state index contributed by atoms with van der Waals surface area (Å²) in [5.74, 6) is 1.10. The summed E-state index contributed by atoms with van der Waals surface area (Å²) < 4.78 is 27.8. The van der Waals surface area contributed by atoms with Crippen LogP contribution in [-0.4, -0.2) is 49.7 Å². The normalized spacial score (nSPS) is 27.6. The van der Waals surface area contributed by atoms with Gasteiger partial charge in [-0.2, -0.15) is 4.31 Å². The molecule has 3 rings (SSSR count). The fourth-order valence-electron chi connectivity index (χ4n) is 4.35. The molecule has 27 heavy (non-hydrogen) atoms. The number of halogens is 1. The quantitative estimate of drug-likeness (QED) is 0.756. The van der Waals surface area contributed by atoms with Crippen molar-refractivity contribution in [2.24, 2.45) is 17.8 Å². The highest BCUT2D eigenvalue weighted by Gasteiger charge is 2.32. The molecule has 2 saturated heterocycles. The van der Waals surface area contributed by atoms with Crippen LogP contribution < -0.4 is 0 Å². The molecule has 0 saturated carbocycles. The topological polar surface area (TPSA) is 57.7 Å². The second-order valence-electron chi connectivity index (χ2n) is 8.41. The first-order valence-corrected chi connectivity index (χ1v) is 11.6. The molecule has 0 spiro atoms. The zero-order valence-electron chi connectivity index (χ0n) is 16.3. The summed E-state index contributed by atoms with van der Waals surface area (Å²) in [6.07, 6.45) is 2.99. The molecule has 150 valence electrons. The lowest BCUT2D eigenvalue weighted by molar-refractivity contribution is 0.0623. The van der Waals surface area contributed by atoms with Crippen molar-refractivity contribution in [2.75, 3.05) is 26.2 Å². The van der Waals surface area contributed by atoms with E-state index in [1.54, 1.807) is 6.07 Å². The lowest BCUT2D eigenvalue weighted by Crippen LogP contribution is -2.42. The number of hydrogen-bond donors (Lipinski definition) is 0. The molecule has 0 aliphatic carbocycles. The summed E-state index contributed by atoms with van der Waals surface area (Å²) in [7, 11) is -3.70. The van der Waals surface area contributed by atoms with Crippen molar-refractivity contribution >= 4 is 27.5 Å². The predicted molar refractivity (Wildman–Crippen MR) is 107 cm³/mol. The fraction of sp³-hybridized carbons (Fsp3) is 0.650. The molecule has 0 N–H and O–H groups in total. The first-order valence-electron chi connectivity index (χ1n) is 9.77. The van der Waals surface area contributed by atoms with E-state index in [1.165, 1.54) is 16.4 Å². The van der Waals surface area contributed by atoms with Gasteiger partial charge < -0.3 is 4.90 Å². The third-order valence-electron chi connectivity index (χ3n) is 5.57. The van der Waals surface area contributed by atoms with E-state index in [1.807, 2.05) is 4.90 Å². The Morgan fingerprint density at radius 2 is 1.74 bits per heavy atom. The maximum atomic E-state index is 13.1. The van der Waals surface area contributed by atoms with Crippen LogP contribution >= 0.6 is 11.6 Å². The molecular formula is C20H29ClN2O3S. The standard InChI is InChI=1S/C20H29ClN2O3S/c1-14-5-4-8-23(13-14)27(25,26)19-10-17(6-7-18(19)21)20(24)22-11-15(2)9-16(3)12-22/h6-7,10,14-16H,4-5,8-9,11-13H2,1-3H3/t14-,15-,16+/m1/s1. The van der Waals surface area contributed by atoms with Gasteiger partial charge in [-0.25, -0.2) is 8.42 Å². The molecule has 2 aliphatic rings. The van der Waals surface area contributed by atoms with Crippen LogP contribution in [0.2, 0.25) is 5.02 Å². The van der Waals surface area contributed by atoms with Gasteiger partial charge in [-0.15, -0.1) is 0 Å². The van der Waals surface area contributed by atoms with Gasteiger partial charge in [0.2, 0.25) is 10.0 Å². The maximum absolute atomic E-state index is 13.1. The predicted octanol–water partition coefficient (Wildman–Crippen LogP) is 3.88. The highest BCUT2D eigenvalue weighted by Crippen LogP contribution is 2.30. The third-order valence-corrected chi connectivity index (χ3v) is 7.92. The second kappa shape index (κ2) is 8.10. The summed E-state index contributed by atoms with van der Waals surface area (Å²) >= 11 is 6.24. The zero-order chi connectivity index (χ0) is 19.8. The number of carbonyl (C=O) groups excluding carboxylic acids is 1. The van der Waals surface area contributed by atoms with Gasteiger partial charge >= 0.3 is 0 Å². The van der Waals surface area contributed by atoms with Crippen molar-refractivity contribution in [2.45, 2.75) is 44.9 Å². The van der Waals surface area contributed by atoms with Gasteiger partial charge in [0.1, 0.15) is 4.90 Å². The lowest BCUT2D eigenvalue weighted by atomic mass is 9.91. The SMILES string of the molecule is C[C@@H]1C[C@H](C)CN(C(=O)c2ccc(Cl)c(S(=O)(=O)N3CCC[C@@H](C)C3)c2)C1. The minimum atomic E-state index is -3.70. The molecule has 0 unspecified atom stereocenters. The molecule has 3 atom stereocenters. The van der Waals surface area contributed by atoms with E-state index < -0.39 is 10.0 Å². The van der Waals surface area contributed by atoms with Crippen molar-refractivity contribution in [3.05, 3.63) is 28.8 Å². The number of likely N-dealkylation sites (tertiary alicyclic amines) is 1. The number of benzene rings is 1. The number of piperidine rings is 2. The van der Waals surface area contributed by atoms with E-state index in [0.717, 1.165) is 19.3 Å². The van der Waals surface area contributed by atoms with Gasteiger partial charge in [-0.05, 0) is 55.2 Å². The molecule has 0 radical (unpaired) electrons. The van der Waals surface area contributed by atoms with E-state index in [2.05, 4.69) is 20.8 Å². The highest BCUT2D eigenvalue weighted by atomic mass is 35.5. The van der Waals surface area contributed by atoms with Crippen LogP contribution in [0.4, 0.5) is 0 Å². The van der Waals surface area contributed by atoms with E-state index in [-0.39, 0.29) is 15.8 Å². The van der Waals surface area contributed by atoms with Crippen molar-refractivity contribution in [1.29, 1.82) is 0 Å². The Hall–Kier alpha value is -1.11. The van der Waals surface area contributed by atoms with Gasteiger partial charge in [0, 0.05) is 31.7 Å². The van der Waals surface area contributed by atoms with E-state index >= 15 is 0 Å². The van der Waals surface area contributed by atoms with Crippen LogP contribution in [-0.2, 0) is 10.0 Å². The average Bonchev–Trinajstić information content (AvgIpc) is 2.60. The monoisotopic (exact) mass is 412 g/mol. The molecule has 0 bridgehead atoms. The Morgan fingerprint density at radius 1 is 1.07 bits per heavy atom. The third kappa shape index (κ3) is 4.49. The van der Waals surface area contributed by atoms with Gasteiger partial charge in [-0.3, -0.25) is 4.79 Å². The van der Waals surface area contributed by atoms with Gasteiger partial charge in [0.15, 0.2) is 0 Å². The summed E-state index contributed by atoms with van der Waals surface area (Å²) in [5, 5.41) is 0.171. The number of carbonyl (C=O) groups is 1. The number of sulfonamides is 1. The molecule has 2 fully saturated rings. The number of amides is 1. The van der Waals surface area contributed by atoms with Crippen LogP contribution in [0, 0.1) is 17.8 Å². The Labute approximate surface area is 167 Å². The van der Waals surface area contributed by atoms with Crippen LogP contribution in [0.5, 0.6) is 0 Å². The number of rotatable bonds is 3. The van der Waals surface area contributed by atoms with Crippen LogP contribution in [0.25, 0.3) is 0 Å². The number of hydrogen-bond acceptors (Lipinski definition) is 3. The fourth-order valence-corrected chi connectivity index (χ4v) is 6.45. The first kappa shape index (κ1) is 20.6. The molecule has 1 amide bonds. The molecule has 0 aromatic heterocycles. The Bertz CT molecular complexity index is 801.